The van der Waals surface area contributed by atoms with Crippen LogP contribution in [0.2, 0.25) is 0 Å². The van der Waals surface area contributed by atoms with Gasteiger partial charge in [-0.2, -0.15) is 0 Å². The molecule has 0 bridgehead atoms. The molecular weight excluding hydrogens is 332 g/mol. The van der Waals surface area contributed by atoms with Gasteiger partial charge in [-0.3, -0.25) is 9.36 Å². The average molecular weight is 352 g/mol. The molecule has 1 aromatic heterocycles. The molecule has 0 aliphatic carbocycles. The van der Waals surface area contributed by atoms with Crippen LogP contribution in [0.1, 0.15) is 22.5 Å². The summed E-state index contributed by atoms with van der Waals surface area (Å²) in [7, 11) is 0. The van der Waals surface area contributed by atoms with Gasteiger partial charge in [0.05, 0.1) is 17.4 Å². The number of nitrogens with zero attached hydrogens (tertiary/aromatic N) is 2. The summed E-state index contributed by atoms with van der Waals surface area (Å²) in [6, 6.07) is 25.7. The lowest BCUT2D eigenvalue weighted by atomic mass is 10.1. The molecule has 3 aromatic carbocycles. The van der Waals surface area contributed by atoms with Crippen LogP contribution in [0, 0.1) is 6.92 Å². The Balaban J connectivity index is 1.84. The molecule has 4 aromatic rings. The van der Waals surface area contributed by atoms with Crippen molar-refractivity contribution in [2.45, 2.75) is 13.5 Å². The van der Waals surface area contributed by atoms with Gasteiger partial charge in [0.2, 0.25) is 0 Å². The fourth-order valence-corrected chi connectivity index (χ4v) is 3.18. The number of benzene rings is 3. The third-order valence-corrected chi connectivity index (χ3v) is 4.54. The molecule has 0 saturated heterocycles. The van der Waals surface area contributed by atoms with E-state index >= 15 is 0 Å². The molecule has 0 aliphatic heterocycles. The summed E-state index contributed by atoms with van der Waals surface area (Å²) in [5.74, 6) is 0.657. The van der Waals surface area contributed by atoms with Crippen LogP contribution in [-0.2, 0) is 6.54 Å². The van der Waals surface area contributed by atoms with E-state index in [9.17, 15) is 4.79 Å². The number of fused-ring (bicyclic) bond motifs is 1. The third-order valence-electron chi connectivity index (χ3n) is 4.54. The van der Waals surface area contributed by atoms with Crippen molar-refractivity contribution in [2.24, 2.45) is 0 Å². The molecule has 3 heteroatoms. The highest BCUT2D eigenvalue weighted by Crippen LogP contribution is 2.13. The number of aromatic nitrogens is 2. The first kappa shape index (κ1) is 17.0. The minimum Gasteiger partial charge on any atom is -0.288 e. The van der Waals surface area contributed by atoms with Gasteiger partial charge in [0.15, 0.2) is 0 Å². The highest BCUT2D eigenvalue weighted by atomic mass is 16.1. The predicted octanol–water partition coefficient (Wildman–Crippen LogP) is 4.92. The van der Waals surface area contributed by atoms with Crippen molar-refractivity contribution in [1.29, 1.82) is 0 Å². The van der Waals surface area contributed by atoms with E-state index in [2.05, 4.69) is 19.1 Å². The number of rotatable bonds is 4. The summed E-state index contributed by atoms with van der Waals surface area (Å²) in [5.41, 5.74) is 4.06. The fourth-order valence-electron chi connectivity index (χ4n) is 3.18. The standard InChI is InChI=1S/C24H20N2O/c1-18-8-7-11-19(16-18)14-15-23-25-22-13-6-5-12-21(22)24(27)26(23)17-20-9-3-2-4-10-20/h2-16H,17H2,1H3/b15-14-. The molecule has 0 saturated carbocycles. The smallest absolute Gasteiger partial charge is 0.261 e. The van der Waals surface area contributed by atoms with Gasteiger partial charge in [0, 0.05) is 0 Å². The van der Waals surface area contributed by atoms with E-state index in [-0.39, 0.29) is 5.56 Å². The van der Waals surface area contributed by atoms with Crippen molar-refractivity contribution in [3.63, 3.8) is 0 Å². The minimum absolute atomic E-state index is 0.0201. The van der Waals surface area contributed by atoms with Gasteiger partial charge < -0.3 is 0 Å². The molecule has 0 atom stereocenters. The number of aryl methyl sites for hydroxylation is 1. The highest BCUT2D eigenvalue weighted by Gasteiger charge is 2.09. The largest absolute Gasteiger partial charge is 0.288 e. The summed E-state index contributed by atoms with van der Waals surface area (Å²) in [5, 5.41) is 0.640. The monoisotopic (exact) mass is 352 g/mol. The van der Waals surface area contributed by atoms with Gasteiger partial charge in [-0.05, 0) is 36.3 Å². The second kappa shape index (κ2) is 7.42. The normalized spacial score (nSPS) is 11.3. The summed E-state index contributed by atoms with van der Waals surface area (Å²) in [4.78, 5) is 17.9. The predicted molar refractivity (Wildman–Crippen MR) is 112 cm³/mol. The Morgan fingerprint density at radius 2 is 1.67 bits per heavy atom. The molecule has 0 unspecified atom stereocenters. The van der Waals surface area contributed by atoms with Gasteiger partial charge in [0.1, 0.15) is 5.82 Å². The first-order chi connectivity index (χ1) is 13.2. The van der Waals surface area contributed by atoms with Gasteiger partial charge in [-0.1, -0.05) is 78.4 Å². The lowest BCUT2D eigenvalue weighted by molar-refractivity contribution is 0.738. The summed E-state index contributed by atoms with van der Waals surface area (Å²) in [6.07, 6.45) is 3.93. The Kier molecular flexibility index (Phi) is 4.67. The molecule has 0 amide bonds. The van der Waals surface area contributed by atoms with Crippen molar-refractivity contribution in [3.05, 3.63) is 112 Å². The average Bonchev–Trinajstić information content (AvgIpc) is 2.70. The van der Waals surface area contributed by atoms with E-state index in [0.29, 0.717) is 17.8 Å². The number of para-hydroxylation sites is 1. The van der Waals surface area contributed by atoms with Crippen molar-refractivity contribution in [1.82, 2.24) is 9.55 Å². The molecule has 132 valence electrons. The van der Waals surface area contributed by atoms with Gasteiger partial charge >= 0.3 is 0 Å². The Morgan fingerprint density at radius 3 is 2.48 bits per heavy atom. The van der Waals surface area contributed by atoms with Gasteiger partial charge in [0.25, 0.3) is 5.56 Å². The highest BCUT2D eigenvalue weighted by molar-refractivity contribution is 5.79. The first-order valence-electron chi connectivity index (χ1n) is 8.99. The van der Waals surface area contributed by atoms with E-state index in [1.54, 1.807) is 4.57 Å². The zero-order valence-corrected chi connectivity index (χ0v) is 15.2. The van der Waals surface area contributed by atoms with Gasteiger partial charge in [-0.25, -0.2) is 4.98 Å². The maximum atomic E-state index is 13.1. The van der Waals surface area contributed by atoms with Crippen molar-refractivity contribution in [2.75, 3.05) is 0 Å². The SMILES string of the molecule is Cc1cccc(/C=C\c2nc3ccccc3c(=O)n2Cc2ccccc2)c1. The Bertz CT molecular complexity index is 1170. The topological polar surface area (TPSA) is 34.9 Å². The Morgan fingerprint density at radius 1 is 0.889 bits per heavy atom. The van der Waals surface area contributed by atoms with Crippen molar-refractivity contribution >= 4 is 23.1 Å². The quantitative estimate of drug-likeness (QED) is 0.522. The van der Waals surface area contributed by atoms with Gasteiger partial charge in [-0.15, -0.1) is 0 Å². The fraction of sp³-hybridized carbons (Fsp3) is 0.0833. The maximum absolute atomic E-state index is 13.1. The van der Waals surface area contributed by atoms with Crippen LogP contribution in [0.15, 0.2) is 83.7 Å². The lowest BCUT2D eigenvalue weighted by Crippen LogP contribution is -2.24. The summed E-state index contributed by atoms with van der Waals surface area (Å²) < 4.78 is 1.74. The van der Waals surface area contributed by atoms with Crippen molar-refractivity contribution < 1.29 is 0 Å². The summed E-state index contributed by atoms with van der Waals surface area (Å²) >= 11 is 0. The van der Waals surface area contributed by atoms with Crippen LogP contribution in [0.3, 0.4) is 0 Å². The molecule has 1 heterocycles. The third kappa shape index (κ3) is 3.72. The van der Waals surface area contributed by atoms with E-state index in [4.69, 9.17) is 4.98 Å². The second-order valence-electron chi connectivity index (χ2n) is 6.61. The molecule has 0 N–H and O–H groups in total. The lowest BCUT2D eigenvalue weighted by Gasteiger charge is -2.11. The van der Waals surface area contributed by atoms with Crippen LogP contribution in [-0.4, -0.2) is 9.55 Å². The number of hydrogen-bond donors (Lipinski definition) is 0. The zero-order chi connectivity index (χ0) is 18.6. The van der Waals surface area contributed by atoms with Crippen LogP contribution in [0.25, 0.3) is 23.1 Å². The van der Waals surface area contributed by atoms with E-state index in [0.717, 1.165) is 16.6 Å². The molecule has 3 nitrogen and oxygen atoms in total. The van der Waals surface area contributed by atoms with Crippen LogP contribution in [0.5, 0.6) is 0 Å². The maximum Gasteiger partial charge on any atom is 0.261 e. The van der Waals surface area contributed by atoms with Crippen molar-refractivity contribution in [3.8, 4) is 0 Å². The summed E-state index contributed by atoms with van der Waals surface area (Å²) in [6.45, 7) is 2.56. The minimum atomic E-state index is -0.0201. The van der Waals surface area contributed by atoms with E-state index < -0.39 is 0 Å². The van der Waals surface area contributed by atoms with E-state index in [1.807, 2.05) is 78.9 Å². The Labute approximate surface area is 158 Å². The zero-order valence-electron chi connectivity index (χ0n) is 15.2. The van der Waals surface area contributed by atoms with Crippen LogP contribution < -0.4 is 5.56 Å². The molecule has 0 spiro atoms. The van der Waals surface area contributed by atoms with Crippen LogP contribution in [0.4, 0.5) is 0 Å². The molecule has 4 rings (SSSR count). The molecule has 0 fully saturated rings. The van der Waals surface area contributed by atoms with E-state index in [1.165, 1.54) is 5.56 Å². The Hall–Kier alpha value is -3.46. The molecule has 27 heavy (non-hydrogen) atoms. The molecule has 0 aliphatic rings. The molecule has 0 radical (unpaired) electrons. The molecular formula is C24H20N2O. The van der Waals surface area contributed by atoms with Crippen LogP contribution >= 0.6 is 0 Å². The number of hydrogen-bond acceptors (Lipinski definition) is 2. The second-order valence-corrected chi connectivity index (χ2v) is 6.61. The first-order valence-corrected chi connectivity index (χ1v) is 8.99.